The number of hydrogen-bond acceptors (Lipinski definition) is 5. The van der Waals surface area contributed by atoms with E-state index in [0.29, 0.717) is 24.2 Å². The van der Waals surface area contributed by atoms with E-state index in [9.17, 15) is 23.1 Å². The van der Waals surface area contributed by atoms with Crippen molar-refractivity contribution in [2.75, 3.05) is 6.54 Å². The fourth-order valence-electron chi connectivity index (χ4n) is 2.72. The molecule has 0 aliphatic heterocycles. The van der Waals surface area contributed by atoms with Crippen LogP contribution >= 0.6 is 0 Å². The molecule has 1 aromatic carbocycles. The molecule has 164 valence electrons. The number of aliphatic hydroxyl groups excluding tert-OH is 1. The summed E-state index contributed by atoms with van der Waals surface area (Å²) >= 11 is 0. The first-order valence-electron chi connectivity index (χ1n) is 9.45. The second kappa shape index (κ2) is 9.17. The molecule has 0 saturated carbocycles. The standard InChI is InChI=1S/C21H21F3N4O3/c1-13(29)7-9-25-19(30)14-11-17(18-8-10-28(2)27-18)20(26-12-14)31-16-5-3-15(4-6-16)21(22,23)24/h3-6,8,10-13,29H,7,9H2,1-2H3,(H,25,30)/t13-/m1/s1. The van der Waals surface area contributed by atoms with Gasteiger partial charge in [-0.3, -0.25) is 9.48 Å². The van der Waals surface area contributed by atoms with Gasteiger partial charge in [-0.1, -0.05) is 0 Å². The van der Waals surface area contributed by atoms with Gasteiger partial charge in [0.2, 0.25) is 5.88 Å². The van der Waals surface area contributed by atoms with Crippen LogP contribution in [0.2, 0.25) is 0 Å². The zero-order chi connectivity index (χ0) is 22.6. The molecule has 10 heteroatoms. The van der Waals surface area contributed by atoms with Crippen LogP contribution in [-0.4, -0.2) is 38.4 Å². The summed E-state index contributed by atoms with van der Waals surface area (Å²) < 4.78 is 45.6. The third-order valence-corrected chi connectivity index (χ3v) is 4.35. The Labute approximate surface area is 176 Å². The van der Waals surface area contributed by atoms with Gasteiger partial charge in [-0.05, 0) is 49.7 Å². The second-order valence-electron chi connectivity index (χ2n) is 6.97. The molecule has 2 N–H and O–H groups in total. The Morgan fingerprint density at radius 3 is 2.55 bits per heavy atom. The number of carbonyl (C=O) groups is 1. The molecule has 7 nitrogen and oxygen atoms in total. The highest BCUT2D eigenvalue weighted by atomic mass is 19.4. The molecule has 2 heterocycles. The van der Waals surface area contributed by atoms with Gasteiger partial charge in [0.1, 0.15) is 5.75 Å². The third-order valence-electron chi connectivity index (χ3n) is 4.35. The van der Waals surface area contributed by atoms with Crippen molar-refractivity contribution in [2.24, 2.45) is 7.05 Å². The first-order chi connectivity index (χ1) is 14.6. The van der Waals surface area contributed by atoms with Crippen molar-refractivity contribution in [1.29, 1.82) is 0 Å². The van der Waals surface area contributed by atoms with Gasteiger partial charge in [-0.25, -0.2) is 4.98 Å². The summed E-state index contributed by atoms with van der Waals surface area (Å²) in [5, 5.41) is 16.3. The maximum Gasteiger partial charge on any atom is 0.416 e. The first kappa shape index (κ1) is 22.3. The minimum Gasteiger partial charge on any atom is -0.438 e. The lowest BCUT2D eigenvalue weighted by atomic mass is 10.1. The van der Waals surface area contributed by atoms with Gasteiger partial charge in [0.15, 0.2) is 0 Å². The zero-order valence-corrected chi connectivity index (χ0v) is 16.8. The summed E-state index contributed by atoms with van der Waals surface area (Å²) in [5.41, 5.74) is 0.354. The summed E-state index contributed by atoms with van der Waals surface area (Å²) in [7, 11) is 1.72. The predicted molar refractivity (Wildman–Crippen MR) is 107 cm³/mol. The summed E-state index contributed by atoms with van der Waals surface area (Å²) in [6.45, 7) is 1.92. The number of rotatable bonds is 7. The average Bonchev–Trinajstić information content (AvgIpc) is 3.14. The molecule has 31 heavy (non-hydrogen) atoms. The molecule has 0 fully saturated rings. The molecule has 1 atom stereocenters. The quantitative estimate of drug-likeness (QED) is 0.591. The molecule has 0 aliphatic rings. The van der Waals surface area contributed by atoms with E-state index in [1.165, 1.54) is 18.3 Å². The Balaban J connectivity index is 1.88. The molecule has 3 aromatic rings. The zero-order valence-electron chi connectivity index (χ0n) is 16.8. The van der Waals surface area contributed by atoms with E-state index in [2.05, 4.69) is 15.4 Å². The molecule has 0 unspecified atom stereocenters. The smallest absolute Gasteiger partial charge is 0.416 e. The Morgan fingerprint density at radius 2 is 1.97 bits per heavy atom. The lowest BCUT2D eigenvalue weighted by Crippen LogP contribution is -2.26. The van der Waals surface area contributed by atoms with Crippen molar-refractivity contribution in [3.8, 4) is 22.9 Å². The van der Waals surface area contributed by atoms with E-state index >= 15 is 0 Å². The fraction of sp³-hybridized carbons (Fsp3) is 0.286. The second-order valence-corrected chi connectivity index (χ2v) is 6.97. The molecule has 0 bridgehead atoms. The molecule has 0 saturated heterocycles. The number of nitrogens with zero attached hydrogens (tertiary/aromatic N) is 3. The van der Waals surface area contributed by atoms with Crippen LogP contribution in [0.1, 0.15) is 29.3 Å². The number of aryl methyl sites for hydroxylation is 1. The van der Waals surface area contributed by atoms with Crippen molar-refractivity contribution < 1.29 is 27.8 Å². The van der Waals surface area contributed by atoms with Gasteiger partial charge in [0.25, 0.3) is 5.91 Å². The Hall–Kier alpha value is -3.40. The molecular weight excluding hydrogens is 413 g/mol. The highest BCUT2D eigenvalue weighted by Crippen LogP contribution is 2.34. The van der Waals surface area contributed by atoms with Gasteiger partial charge in [-0.15, -0.1) is 0 Å². The molecule has 3 rings (SSSR count). The lowest BCUT2D eigenvalue weighted by Gasteiger charge is -2.12. The van der Waals surface area contributed by atoms with Gasteiger partial charge >= 0.3 is 6.18 Å². The van der Waals surface area contributed by atoms with Gasteiger partial charge < -0.3 is 15.2 Å². The number of carbonyl (C=O) groups excluding carboxylic acids is 1. The van der Waals surface area contributed by atoms with Crippen molar-refractivity contribution in [2.45, 2.75) is 25.6 Å². The summed E-state index contributed by atoms with van der Waals surface area (Å²) in [6.07, 6.45) is -1.57. The number of aliphatic hydroxyl groups is 1. The minimum atomic E-state index is -4.45. The number of alkyl halides is 3. The topological polar surface area (TPSA) is 89.3 Å². The van der Waals surface area contributed by atoms with Crippen LogP contribution in [0.15, 0.2) is 48.8 Å². The number of aromatic nitrogens is 3. The van der Waals surface area contributed by atoms with Crippen LogP contribution in [0.5, 0.6) is 11.6 Å². The van der Waals surface area contributed by atoms with Gasteiger partial charge in [0.05, 0.1) is 28.5 Å². The number of nitrogens with one attached hydrogen (secondary N) is 1. The number of hydrogen-bond donors (Lipinski definition) is 2. The molecule has 0 radical (unpaired) electrons. The number of pyridine rings is 1. The SMILES string of the molecule is C[C@@H](O)CCNC(=O)c1cnc(Oc2ccc(C(F)(F)F)cc2)c(-c2ccn(C)n2)c1. The number of ether oxygens (including phenoxy) is 1. The van der Waals surface area contributed by atoms with E-state index in [1.54, 1.807) is 37.0 Å². The third kappa shape index (κ3) is 5.82. The average molecular weight is 434 g/mol. The number of benzene rings is 1. The Kier molecular flexibility index (Phi) is 6.59. The summed E-state index contributed by atoms with van der Waals surface area (Å²) in [5.74, 6) is -0.128. The highest BCUT2D eigenvalue weighted by Gasteiger charge is 2.30. The normalized spacial score (nSPS) is 12.5. The van der Waals surface area contributed by atoms with Crippen molar-refractivity contribution in [3.05, 3.63) is 59.9 Å². The molecule has 0 aliphatic carbocycles. The van der Waals surface area contributed by atoms with Crippen LogP contribution in [0.25, 0.3) is 11.3 Å². The molecule has 2 aromatic heterocycles. The molecule has 0 spiro atoms. The van der Waals surface area contributed by atoms with Crippen LogP contribution in [0, 0.1) is 0 Å². The van der Waals surface area contributed by atoms with E-state index in [0.717, 1.165) is 12.1 Å². The minimum absolute atomic E-state index is 0.0963. The summed E-state index contributed by atoms with van der Waals surface area (Å²) in [6, 6.07) is 7.48. The van der Waals surface area contributed by atoms with Crippen molar-refractivity contribution in [1.82, 2.24) is 20.1 Å². The van der Waals surface area contributed by atoms with Crippen molar-refractivity contribution >= 4 is 5.91 Å². The lowest BCUT2D eigenvalue weighted by molar-refractivity contribution is -0.137. The van der Waals surface area contributed by atoms with Gasteiger partial charge in [0, 0.05) is 26.0 Å². The van der Waals surface area contributed by atoms with E-state index < -0.39 is 17.8 Å². The monoisotopic (exact) mass is 434 g/mol. The Morgan fingerprint density at radius 1 is 1.26 bits per heavy atom. The highest BCUT2D eigenvalue weighted by molar-refractivity contribution is 5.95. The fourth-order valence-corrected chi connectivity index (χ4v) is 2.72. The summed E-state index contributed by atoms with van der Waals surface area (Å²) in [4.78, 5) is 16.6. The van der Waals surface area contributed by atoms with Crippen LogP contribution < -0.4 is 10.1 Å². The van der Waals surface area contributed by atoms with E-state index in [4.69, 9.17) is 4.74 Å². The van der Waals surface area contributed by atoms with E-state index in [-0.39, 0.29) is 23.1 Å². The van der Waals surface area contributed by atoms with Crippen LogP contribution in [-0.2, 0) is 13.2 Å². The number of amides is 1. The van der Waals surface area contributed by atoms with Gasteiger partial charge in [-0.2, -0.15) is 18.3 Å². The molecular formula is C21H21F3N4O3. The van der Waals surface area contributed by atoms with Crippen LogP contribution in [0.3, 0.4) is 0 Å². The van der Waals surface area contributed by atoms with Crippen molar-refractivity contribution in [3.63, 3.8) is 0 Å². The Bertz CT molecular complexity index is 1050. The van der Waals surface area contributed by atoms with E-state index in [1.807, 2.05) is 0 Å². The number of halogens is 3. The largest absolute Gasteiger partial charge is 0.438 e. The maximum atomic E-state index is 12.8. The molecule has 1 amide bonds. The predicted octanol–water partition coefficient (Wildman–Crippen LogP) is 3.79. The van der Waals surface area contributed by atoms with Crippen LogP contribution in [0.4, 0.5) is 13.2 Å². The first-order valence-corrected chi connectivity index (χ1v) is 9.45. The maximum absolute atomic E-state index is 12.8.